The van der Waals surface area contributed by atoms with Gasteiger partial charge >= 0.3 is 0 Å². The maximum Gasteiger partial charge on any atom is 0.209 e. The minimum atomic E-state index is -3.62. The van der Waals surface area contributed by atoms with Crippen molar-refractivity contribution in [3.8, 4) is 0 Å². The van der Waals surface area contributed by atoms with Crippen molar-refractivity contribution in [2.75, 3.05) is 0 Å². The molecule has 0 fully saturated rings. The minimum absolute atomic E-state index is 0.00193. The number of nitrogens with zero attached hydrogens (tertiary/aromatic N) is 1. The first-order valence-corrected chi connectivity index (χ1v) is 7.70. The summed E-state index contributed by atoms with van der Waals surface area (Å²) in [7, 11) is -3.62. The average molecular weight is 347 g/mol. The summed E-state index contributed by atoms with van der Waals surface area (Å²) in [5.74, 6) is 0. The van der Waals surface area contributed by atoms with Crippen LogP contribution in [0.25, 0.3) is 0 Å². The van der Waals surface area contributed by atoms with Crippen LogP contribution in [-0.2, 0) is 9.84 Å². The van der Waals surface area contributed by atoms with Crippen LogP contribution in [0, 0.1) is 6.92 Å². The van der Waals surface area contributed by atoms with Crippen molar-refractivity contribution in [1.29, 1.82) is 0 Å². The quantitative estimate of drug-likeness (QED) is 0.780. The maximum atomic E-state index is 12.3. The number of sulfone groups is 1. The standard InChI is InChI=1S/C12H9BrClNO2S/c1-8-2-7-11(12(14)15-8)18(16,17)10-5-3-9(13)4-6-10/h2-7H,1H3. The molecule has 0 atom stereocenters. The zero-order valence-electron chi connectivity index (χ0n) is 9.39. The topological polar surface area (TPSA) is 47.0 Å². The summed E-state index contributed by atoms with van der Waals surface area (Å²) in [6.07, 6.45) is 0. The Morgan fingerprint density at radius 1 is 1.11 bits per heavy atom. The molecule has 0 saturated carbocycles. The fourth-order valence-electron chi connectivity index (χ4n) is 1.45. The van der Waals surface area contributed by atoms with Crippen molar-refractivity contribution in [2.45, 2.75) is 16.7 Å². The van der Waals surface area contributed by atoms with Crippen molar-refractivity contribution in [2.24, 2.45) is 0 Å². The molecule has 0 radical (unpaired) electrons. The SMILES string of the molecule is Cc1ccc(S(=O)(=O)c2ccc(Br)cc2)c(Cl)n1. The van der Waals surface area contributed by atoms with Crippen LogP contribution >= 0.6 is 27.5 Å². The Labute approximate surface area is 119 Å². The second-order valence-corrected chi connectivity index (χ2v) is 6.89. The van der Waals surface area contributed by atoms with Gasteiger partial charge in [0, 0.05) is 10.2 Å². The third-order valence-corrected chi connectivity index (χ3v) is 5.10. The zero-order valence-corrected chi connectivity index (χ0v) is 12.6. The summed E-state index contributed by atoms with van der Waals surface area (Å²) in [5.41, 5.74) is 0.676. The van der Waals surface area contributed by atoms with Crippen LogP contribution in [0.3, 0.4) is 0 Å². The van der Waals surface area contributed by atoms with Crippen molar-refractivity contribution in [1.82, 2.24) is 4.98 Å². The van der Waals surface area contributed by atoms with Gasteiger partial charge in [-0.15, -0.1) is 0 Å². The van der Waals surface area contributed by atoms with Crippen molar-refractivity contribution >= 4 is 37.4 Å². The molecule has 0 N–H and O–H groups in total. The summed E-state index contributed by atoms with van der Waals surface area (Å²) in [6, 6.07) is 9.48. The molecule has 2 aromatic rings. The van der Waals surface area contributed by atoms with Crippen LogP contribution < -0.4 is 0 Å². The molecule has 0 aliphatic heterocycles. The average Bonchev–Trinajstić information content (AvgIpc) is 2.29. The molecule has 0 saturated heterocycles. The van der Waals surface area contributed by atoms with Crippen LogP contribution in [0.4, 0.5) is 0 Å². The van der Waals surface area contributed by atoms with E-state index in [2.05, 4.69) is 20.9 Å². The molecule has 0 unspecified atom stereocenters. The van der Waals surface area contributed by atoms with Gasteiger partial charge in [0.15, 0.2) is 0 Å². The molecular weight excluding hydrogens is 338 g/mol. The van der Waals surface area contributed by atoms with E-state index in [1.54, 1.807) is 25.1 Å². The maximum absolute atomic E-state index is 12.3. The Bertz CT molecular complexity index is 684. The highest BCUT2D eigenvalue weighted by atomic mass is 79.9. The molecule has 1 aromatic carbocycles. The van der Waals surface area contributed by atoms with Gasteiger partial charge in [0.05, 0.1) is 4.90 Å². The zero-order chi connectivity index (χ0) is 13.3. The lowest BCUT2D eigenvalue weighted by atomic mass is 10.4. The lowest BCUT2D eigenvalue weighted by Crippen LogP contribution is -2.04. The lowest BCUT2D eigenvalue weighted by molar-refractivity contribution is 0.595. The highest BCUT2D eigenvalue weighted by Gasteiger charge is 2.21. The van der Waals surface area contributed by atoms with Gasteiger partial charge < -0.3 is 0 Å². The number of benzene rings is 1. The molecule has 1 heterocycles. The molecule has 2 rings (SSSR count). The summed E-state index contributed by atoms with van der Waals surface area (Å²) in [4.78, 5) is 4.18. The molecule has 0 spiro atoms. The molecule has 94 valence electrons. The smallest absolute Gasteiger partial charge is 0.209 e. The number of hydrogen-bond acceptors (Lipinski definition) is 3. The minimum Gasteiger partial charge on any atom is -0.240 e. The molecule has 1 aromatic heterocycles. The van der Waals surface area contributed by atoms with Crippen molar-refractivity contribution < 1.29 is 8.42 Å². The van der Waals surface area contributed by atoms with Gasteiger partial charge in [0.1, 0.15) is 10.0 Å². The molecule has 0 aliphatic rings. The monoisotopic (exact) mass is 345 g/mol. The predicted octanol–water partition coefficient (Wildman–Crippen LogP) is 3.64. The highest BCUT2D eigenvalue weighted by molar-refractivity contribution is 9.10. The number of rotatable bonds is 2. The Morgan fingerprint density at radius 2 is 1.72 bits per heavy atom. The van der Waals surface area contributed by atoms with Gasteiger partial charge in [-0.25, -0.2) is 13.4 Å². The van der Waals surface area contributed by atoms with Gasteiger partial charge in [0.25, 0.3) is 0 Å². The molecule has 6 heteroatoms. The number of aromatic nitrogens is 1. The summed E-state index contributed by atoms with van der Waals surface area (Å²) in [6.45, 7) is 1.75. The molecule has 0 bridgehead atoms. The van der Waals surface area contributed by atoms with Crippen LogP contribution in [-0.4, -0.2) is 13.4 Å². The Hall–Kier alpha value is -0.910. The summed E-state index contributed by atoms with van der Waals surface area (Å²) >= 11 is 9.15. The number of hydrogen-bond donors (Lipinski definition) is 0. The van der Waals surface area contributed by atoms with Gasteiger partial charge in [-0.2, -0.15) is 0 Å². The van der Waals surface area contributed by atoms with Crippen LogP contribution in [0.1, 0.15) is 5.69 Å². The van der Waals surface area contributed by atoms with E-state index in [0.717, 1.165) is 4.47 Å². The second kappa shape index (κ2) is 4.99. The Morgan fingerprint density at radius 3 is 2.28 bits per heavy atom. The summed E-state index contributed by atoms with van der Waals surface area (Å²) in [5, 5.41) is -0.00193. The Balaban J connectivity index is 2.58. The van der Waals surface area contributed by atoms with Crippen molar-refractivity contribution in [3.05, 3.63) is 51.7 Å². The fourth-order valence-corrected chi connectivity index (χ4v) is 3.48. The Kier molecular flexibility index (Phi) is 3.75. The van der Waals surface area contributed by atoms with Crippen LogP contribution in [0.15, 0.2) is 50.7 Å². The van der Waals surface area contributed by atoms with Gasteiger partial charge in [-0.1, -0.05) is 27.5 Å². The number of pyridine rings is 1. The molecule has 0 amide bonds. The lowest BCUT2D eigenvalue weighted by Gasteiger charge is -2.06. The number of halogens is 2. The van der Waals surface area contributed by atoms with E-state index in [1.165, 1.54) is 18.2 Å². The van der Waals surface area contributed by atoms with E-state index in [1.807, 2.05) is 0 Å². The molecular formula is C12H9BrClNO2S. The van der Waals surface area contributed by atoms with E-state index in [9.17, 15) is 8.42 Å². The van der Waals surface area contributed by atoms with E-state index in [4.69, 9.17) is 11.6 Å². The van der Waals surface area contributed by atoms with E-state index >= 15 is 0 Å². The first-order chi connectivity index (χ1) is 8.41. The molecule has 0 aliphatic carbocycles. The van der Waals surface area contributed by atoms with E-state index < -0.39 is 9.84 Å². The van der Waals surface area contributed by atoms with Gasteiger partial charge in [0.2, 0.25) is 9.84 Å². The molecule has 3 nitrogen and oxygen atoms in total. The van der Waals surface area contributed by atoms with Crippen molar-refractivity contribution in [3.63, 3.8) is 0 Å². The predicted molar refractivity (Wildman–Crippen MR) is 73.6 cm³/mol. The first-order valence-electron chi connectivity index (χ1n) is 5.05. The number of aryl methyl sites for hydroxylation is 1. The van der Waals surface area contributed by atoms with Gasteiger partial charge in [-0.05, 0) is 43.3 Å². The fraction of sp³-hybridized carbons (Fsp3) is 0.0833. The third kappa shape index (κ3) is 2.58. The largest absolute Gasteiger partial charge is 0.240 e. The second-order valence-electron chi connectivity index (χ2n) is 3.70. The van der Waals surface area contributed by atoms with Gasteiger partial charge in [-0.3, -0.25) is 0 Å². The van der Waals surface area contributed by atoms with E-state index in [-0.39, 0.29) is 14.9 Å². The third-order valence-electron chi connectivity index (χ3n) is 2.37. The normalized spacial score (nSPS) is 11.5. The highest BCUT2D eigenvalue weighted by Crippen LogP contribution is 2.27. The molecule has 18 heavy (non-hydrogen) atoms. The van der Waals surface area contributed by atoms with Crippen LogP contribution in [0.2, 0.25) is 5.15 Å². The van der Waals surface area contributed by atoms with E-state index in [0.29, 0.717) is 5.69 Å². The summed E-state index contributed by atoms with van der Waals surface area (Å²) < 4.78 is 25.5. The first kappa shape index (κ1) is 13.5. The van der Waals surface area contributed by atoms with Crippen LogP contribution in [0.5, 0.6) is 0 Å².